The fraction of sp³-hybridized carbons (Fsp3) is 0.316. The minimum Gasteiger partial charge on any atom is -0.385 e. The van der Waals surface area contributed by atoms with Gasteiger partial charge in [0.1, 0.15) is 0 Å². The minimum absolute atomic E-state index is 0.0897. The second-order valence-electron chi connectivity index (χ2n) is 5.75. The summed E-state index contributed by atoms with van der Waals surface area (Å²) in [6.07, 6.45) is 2.05. The zero-order valence-corrected chi connectivity index (χ0v) is 13.2. The Kier molecular flexibility index (Phi) is 4.14. The highest BCUT2D eigenvalue weighted by atomic mass is 16.2. The van der Waals surface area contributed by atoms with Gasteiger partial charge in [-0.25, -0.2) is 0 Å². The summed E-state index contributed by atoms with van der Waals surface area (Å²) in [7, 11) is 0. The van der Waals surface area contributed by atoms with Crippen LogP contribution in [0.3, 0.4) is 0 Å². The Bertz CT molecular complexity index is 676. The molecule has 0 fully saturated rings. The molecule has 0 aromatic heterocycles. The number of benzene rings is 2. The van der Waals surface area contributed by atoms with E-state index in [2.05, 4.69) is 18.3 Å². The number of carbonyl (C=O) groups excluding carboxylic acids is 1. The van der Waals surface area contributed by atoms with Crippen molar-refractivity contribution in [2.45, 2.75) is 26.7 Å². The summed E-state index contributed by atoms with van der Waals surface area (Å²) >= 11 is 0. The molecule has 0 atom stereocenters. The van der Waals surface area contributed by atoms with Gasteiger partial charge in [-0.2, -0.15) is 0 Å². The van der Waals surface area contributed by atoms with Crippen molar-refractivity contribution in [2.75, 3.05) is 23.3 Å². The number of amides is 1. The van der Waals surface area contributed by atoms with Crippen molar-refractivity contribution in [1.82, 2.24) is 0 Å². The van der Waals surface area contributed by atoms with E-state index < -0.39 is 0 Å². The smallest absolute Gasteiger partial charge is 0.258 e. The third kappa shape index (κ3) is 2.71. The fourth-order valence-corrected chi connectivity index (χ4v) is 3.02. The van der Waals surface area contributed by atoms with E-state index in [1.54, 1.807) is 0 Å². The predicted octanol–water partition coefficient (Wildman–Crippen LogP) is 4.02. The Morgan fingerprint density at radius 1 is 1.18 bits per heavy atom. The minimum atomic E-state index is 0.0897. The van der Waals surface area contributed by atoms with Crippen LogP contribution >= 0.6 is 0 Å². The fourth-order valence-electron chi connectivity index (χ4n) is 3.02. The van der Waals surface area contributed by atoms with Crippen molar-refractivity contribution in [1.29, 1.82) is 0 Å². The van der Waals surface area contributed by atoms with Gasteiger partial charge in [-0.1, -0.05) is 23.8 Å². The van der Waals surface area contributed by atoms with Gasteiger partial charge in [0.25, 0.3) is 5.91 Å². The highest BCUT2D eigenvalue weighted by Crippen LogP contribution is 2.27. The third-order valence-corrected chi connectivity index (χ3v) is 4.23. The van der Waals surface area contributed by atoms with Crippen LogP contribution < -0.4 is 10.2 Å². The van der Waals surface area contributed by atoms with E-state index in [4.69, 9.17) is 0 Å². The molecular weight excluding hydrogens is 272 g/mol. The van der Waals surface area contributed by atoms with E-state index in [0.717, 1.165) is 41.9 Å². The molecule has 3 rings (SSSR count). The summed E-state index contributed by atoms with van der Waals surface area (Å²) in [5.74, 6) is 0.0897. The van der Waals surface area contributed by atoms with Gasteiger partial charge in [0.2, 0.25) is 0 Å². The molecule has 0 bridgehead atoms. The Morgan fingerprint density at radius 2 is 1.95 bits per heavy atom. The maximum atomic E-state index is 13.0. The average molecular weight is 294 g/mol. The van der Waals surface area contributed by atoms with Crippen LogP contribution in [0.25, 0.3) is 0 Å². The van der Waals surface area contributed by atoms with Crippen LogP contribution in [0.5, 0.6) is 0 Å². The van der Waals surface area contributed by atoms with Crippen LogP contribution in [0.1, 0.15) is 34.8 Å². The molecule has 1 aliphatic heterocycles. The van der Waals surface area contributed by atoms with Gasteiger partial charge in [0.15, 0.2) is 0 Å². The quantitative estimate of drug-likeness (QED) is 0.927. The normalized spacial score (nSPS) is 13.2. The van der Waals surface area contributed by atoms with E-state index in [9.17, 15) is 4.79 Å². The lowest BCUT2D eigenvalue weighted by Crippen LogP contribution is -2.32. The van der Waals surface area contributed by atoms with Crippen LogP contribution in [0.2, 0.25) is 0 Å². The summed E-state index contributed by atoms with van der Waals surface area (Å²) in [5, 5.41) is 3.39. The lowest BCUT2D eigenvalue weighted by atomic mass is 9.96. The van der Waals surface area contributed by atoms with Gasteiger partial charge in [-0.3, -0.25) is 4.79 Å². The number of hydrogen-bond donors (Lipinski definition) is 1. The summed E-state index contributed by atoms with van der Waals surface area (Å²) in [6, 6.07) is 14.1. The van der Waals surface area contributed by atoms with Gasteiger partial charge in [-0.15, -0.1) is 0 Å². The van der Waals surface area contributed by atoms with Crippen molar-refractivity contribution in [2.24, 2.45) is 0 Å². The number of fused-ring (bicyclic) bond motifs is 1. The largest absolute Gasteiger partial charge is 0.385 e. The van der Waals surface area contributed by atoms with Crippen molar-refractivity contribution < 1.29 is 4.79 Å². The van der Waals surface area contributed by atoms with Gasteiger partial charge in [-0.05, 0) is 56.5 Å². The molecule has 0 unspecified atom stereocenters. The molecule has 1 N–H and O–H groups in total. The van der Waals surface area contributed by atoms with Crippen LogP contribution in [0, 0.1) is 6.92 Å². The van der Waals surface area contributed by atoms with Crippen LogP contribution in [0.15, 0.2) is 42.5 Å². The van der Waals surface area contributed by atoms with Crippen molar-refractivity contribution in [3.8, 4) is 0 Å². The van der Waals surface area contributed by atoms with Gasteiger partial charge in [0.05, 0.1) is 0 Å². The topological polar surface area (TPSA) is 32.3 Å². The lowest BCUT2D eigenvalue weighted by molar-refractivity contribution is 0.0987. The molecule has 1 heterocycles. The average Bonchev–Trinajstić information content (AvgIpc) is 2.56. The highest BCUT2D eigenvalue weighted by molar-refractivity contribution is 6.07. The molecule has 22 heavy (non-hydrogen) atoms. The van der Waals surface area contributed by atoms with E-state index in [0.29, 0.717) is 6.54 Å². The van der Waals surface area contributed by atoms with Crippen molar-refractivity contribution >= 4 is 17.3 Å². The number of hydrogen-bond acceptors (Lipinski definition) is 2. The predicted molar refractivity (Wildman–Crippen MR) is 91.8 cm³/mol. The third-order valence-electron chi connectivity index (χ3n) is 4.23. The monoisotopic (exact) mass is 294 g/mol. The SMILES string of the molecule is CCN(C(=O)c1cccc2c1CCCN2)c1ccc(C)cc1. The number of anilines is 2. The van der Waals surface area contributed by atoms with E-state index in [1.807, 2.05) is 48.2 Å². The number of carbonyl (C=O) groups is 1. The summed E-state index contributed by atoms with van der Waals surface area (Å²) in [4.78, 5) is 14.9. The zero-order valence-electron chi connectivity index (χ0n) is 13.2. The Morgan fingerprint density at radius 3 is 2.68 bits per heavy atom. The maximum Gasteiger partial charge on any atom is 0.258 e. The van der Waals surface area contributed by atoms with E-state index in [1.165, 1.54) is 5.56 Å². The van der Waals surface area contributed by atoms with E-state index in [-0.39, 0.29) is 5.91 Å². The molecule has 0 spiro atoms. The molecule has 0 aliphatic carbocycles. The van der Waals surface area contributed by atoms with Gasteiger partial charge >= 0.3 is 0 Å². The Labute approximate surface area is 132 Å². The number of nitrogens with one attached hydrogen (secondary N) is 1. The van der Waals surface area contributed by atoms with Crippen LogP contribution in [-0.4, -0.2) is 19.0 Å². The van der Waals surface area contributed by atoms with Crippen LogP contribution in [-0.2, 0) is 6.42 Å². The summed E-state index contributed by atoms with van der Waals surface area (Å²) in [6.45, 7) is 5.73. The van der Waals surface area contributed by atoms with Crippen molar-refractivity contribution in [3.05, 3.63) is 59.2 Å². The first-order chi connectivity index (χ1) is 10.7. The van der Waals surface area contributed by atoms with E-state index >= 15 is 0 Å². The number of nitrogens with zero attached hydrogens (tertiary/aromatic N) is 1. The molecule has 3 heteroatoms. The van der Waals surface area contributed by atoms with Crippen molar-refractivity contribution in [3.63, 3.8) is 0 Å². The molecule has 2 aromatic carbocycles. The maximum absolute atomic E-state index is 13.0. The molecule has 0 saturated heterocycles. The summed E-state index contributed by atoms with van der Waals surface area (Å²) < 4.78 is 0. The van der Waals surface area contributed by atoms with Crippen LogP contribution in [0.4, 0.5) is 11.4 Å². The van der Waals surface area contributed by atoms with Gasteiger partial charge < -0.3 is 10.2 Å². The molecular formula is C19H22N2O. The molecule has 0 saturated carbocycles. The Balaban J connectivity index is 1.97. The molecule has 2 aromatic rings. The number of rotatable bonds is 3. The standard InChI is InChI=1S/C19H22N2O/c1-3-21(15-11-9-14(2)10-12-15)19(22)17-6-4-8-18-16(17)7-5-13-20-18/h4,6,8-12,20H,3,5,7,13H2,1-2H3. The second kappa shape index (κ2) is 6.22. The summed E-state index contributed by atoms with van der Waals surface area (Å²) in [5.41, 5.74) is 5.25. The first-order valence-corrected chi connectivity index (χ1v) is 7.95. The first-order valence-electron chi connectivity index (χ1n) is 7.95. The molecule has 3 nitrogen and oxygen atoms in total. The molecule has 114 valence electrons. The molecule has 0 radical (unpaired) electrons. The van der Waals surface area contributed by atoms with Gasteiger partial charge in [0, 0.05) is 30.0 Å². The first kappa shape index (κ1) is 14.6. The Hall–Kier alpha value is -2.29. The number of aryl methyl sites for hydroxylation is 1. The molecule has 1 aliphatic rings. The second-order valence-corrected chi connectivity index (χ2v) is 5.75. The molecule has 1 amide bonds. The highest BCUT2D eigenvalue weighted by Gasteiger charge is 2.22. The zero-order chi connectivity index (χ0) is 15.5. The lowest BCUT2D eigenvalue weighted by Gasteiger charge is -2.25.